The lowest BCUT2D eigenvalue weighted by atomic mass is 10.1. The van der Waals surface area contributed by atoms with E-state index < -0.39 is 23.2 Å². The SMILES string of the molecule is O=C(Nc1ccc(-c2cn3cccnc3n2)cc1)c1ccccc1C(F)(F)F. The number of imidazole rings is 1. The summed E-state index contributed by atoms with van der Waals surface area (Å²) in [5.74, 6) is -0.267. The molecule has 2 aromatic heterocycles. The second-order valence-corrected chi connectivity index (χ2v) is 6.03. The average molecular weight is 382 g/mol. The van der Waals surface area contributed by atoms with Crippen LogP contribution in [0.1, 0.15) is 15.9 Å². The van der Waals surface area contributed by atoms with Crippen LogP contribution < -0.4 is 5.32 Å². The molecule has 28 heavy (non-hydrogen) atoms. The molecule has 5 nitrogen and oxygen atoms in total. The number of anilines is 1. The van der Waals surface area contributed by atoms with Gasteiger partial charge in [-0.15, -0.1) is 0 Å². The summed E-state index contributed by atoms with van der Waals surface area (Å²) in [6.45, 7) is 0. The Kier molecular flexibility index (Phi) is 4.31. The molecule has 0 atom stereocenters. The first-order valence-electron chi connectivity index (χ1n) is 8.29. The van der Waals surface area contributed by atoms with Gasteiger partial charge < -0.3 is 5.32 Å². The van der Waals surface area contributed by atoms with E-state index in [-0.39, 0.29) is 0 Å². The number of amides is 1. The van der Waals surface area contributed by atoms with E-state index in [4.69, 9.17) is 0 Å². The van der Waals surface area contributed by atoms with Crippen LogP contribution in [0.4, 0.5) is 18.9 Å². The third-order valence-electron chi connectivity index (χ3n) is 4.15. The van der Waals surface area contributed by atoms with Gasteiger partial charge in [0.25, 0.3) is 5.91 Å². The van der Waals surface area contributed by atoms with Crippen LogP contribution in [0.25, 0.3) is 17.0 Å². The fourth-order valence-electron chi connectivity index (χ4n) is 2.82. The number of aromatic nitrogens is 3. The highest BCUT2D eigenvalue weighted by atomic mass is 19.4. The Morgan fingerprint density at radius 1 is 1.00 bits per heavy atom. The second kappa shape index (κ2) is 6.80. The molecule has 0 aliphatic rings. The Morgan fingerprint density at radius 3 is 2.46 bits per heavy atom. The zero-order chi connectivity index (χ0) is 19.7. The van der Waals surface area contributed by atoms with E-state index in [1.165, 1.54) is 12.1 Å². The van der Waals surface area contributed by atoms with E-state index in [2.05, 4.69) is 15.3 Å². The van der Waals surface area contributed by atoms with Gasteiger partial charge in [0.1, 0.15) is 0 Å². The summed E-state index contributed by atoms with van der Waals surface area (Å²) in [6, 6.07) is 13.1. The van der Waals surface area contributed by atoms with E-state index in [0.29, 0.717) is 17.2 Å². The van der Waals surface area contributed by atoms with Gasteiger partial charge in [-0.2, -0.15) is 13.2 Å². The van der Waals surface area contributed by atoms with E-state index in [1.54, 1.807) is 40.9 Å². The van der Waals surface area contributed by atoms with Gasteiger partial charge in [0.15, 0.2) is 0 Å². The van der Waals surface area contributed by atoms with Crippen molar-refractivity contribution in [2.75, 3.05) is 5.32 Å². The molecule has 2 heterocycles. The first-order chi connectivity index (χ1) is 13.4. The molecule has 0 saturated heterocycles. The number of hydrogen-bond acceptors (Lipinski definition) is 3. The number of benzene rings is 2. The highest BCUT2D eigenvalue weighted by Gasteiger charge is 2.34. The Bertz CT molecular complexity index is 1120. The van der Waals surface area contributed by atoms with Gasteiger partial charge in [-0.05, 0) is 30.3 Å². The van der Waals surface area contributed by atoms with E-state index >= 15 is 0 Å². The highest BCUT2D eigenvalue weighted by Crippen LogP contribution is 2.32. The number of carbonyl (C=O) groups is 1. The summed E-state index contributed by atoms with van der Waals surface area (Å²) < 4.78 is 41.0. The molecule has 0 radical (unpaired) electrons. The molecule has 1 amide bonds. The monoisotopic (exact) mass is 382 g/mol. The molecule has 0 unspecified atom stereocenters. The molecular formula is C20H13F3N4O. The van der Waals surface area contributed by atoms with Crippen LogP contribution >= 0.6 is 0 Å². The van der Waals surface area contributed by atoms with Crippen LogP contribution in [0.15, 0.2) is 73.2 Å². The van der Waals surface area contributed by atoms with Crippen molar-refractivity contribution in [2.24, 2.45) is 0 Å². The lowest BCUT2D eigenvalue weighted by molar-refractivity contribution is -0.137. The third kappa shape index (κ3) is 3.44. The van der Waals surface area contributed by atoms with Gasteiger partial charge in [0.2, 0.25) is 5.78 Å². The summed E-state index contributed by atoms with van der Waals surface area (Å²) in [7, 11) is 0. The molecule has 0 bridgehead atoms. The number of fused-ring (bicyclic) bond motifs is 1. The summed E-state index contributed by atoms with van der Waals surface area (Å²) >= 11 is 0. The van der Waals surface area contributed by atoms with Crippen molar-refractivity contribution in [3.8, 4) is 11.3 Å². The molecule has 0 spiro atoms. The van der Waals surface area contributed by atoms with E-state index in [9.17, 15) is 18.0 Å². The molecule has 4 aromatic rings. The van der Waals surface area contributed by atoms with Crippen LogP contribution in [0.2, 0.25) is 0 Å². The fraction of sp³-hybridized carbons (Fsp3) is 0.0500. The summed E-state index contributed by atoms with van der Waals surface area (Å²) in [4.78, 5) is 20.9. The minimum absolute atomic E-state index is 0.382. The maximum absolute atomic E-state index is 13.1. The number of rotatable bonds is 3. The normalized spacial score (nSPS) is 11.5. The minimum Gasteiger partial charge on any atom is -0.322 e. The van der Waals surface area contributed by atoms with Crippen LogP contribution in [0.5, 0.6) is 0 Å². The number of carbonyl (C=O) groups excluding carboxylic acids is 1. The van der Waals surface area contributed by atoms with Crippen molar-refractivity contribution in [2.45, 2.75) is 6.18 Å². The Morgan fingerprint density at radius 2 is 1.75 bits per heavy atom. The largest absolute Gasteiger partial charge is 0.417 e. The minimum atomic E-state index is -4.60. The average Bonchev–Trinajstić information content (AvgIpc) is 3.12. The predicted molar refractivity (Wildman–Crippen MR) is 97.8 cm³/mol. The van der Waals surface area contributed by atoms with Crippen LogP contribution in [-0.2, 0) is 6.18 Å². The number of nitrogens with one attached hydrogen (secondary N) is 1. The number of nitrogens with zero attached hydrogens (tertiary/aromatic N) is 3. The smallest absolute Gasteiger partial charge is 0.322 e. The molecule has 0 saturated carbocycles. The first kappa shape index (κ1) is 17.7. The van der Waals surface area contributed by atoms with Gasteiger partial charge in [-0.1, -0.05) is 24.3 Å². The highest BCUT2D eigenvalue weighted by molar-refractivity contribution is 6.05. The number of halogens is 3. The van der Waals surface area contributed by atoms with Crippen molar-refractivity contribution < 1.29 is 18.0 Å². The maximum Gasteiger partial charge on any atom is 0.417 e. The summed E-state index contributed by atoms with van der Waals surface area (Å²) in [5, 5.41) is 2.50. The summed E-state index contributed by atoms with van der Waals surface area (Å²) in [5.41, 5.74) is 0.470. The molecule has 2 aromatic carbocycles. The second-order valence-electron chi connectivity index (χ2n) is 6.03. The Labute approximate surface area is 157 Å². The molecule has 1 N–H and O–H groups in total. The van der Waals surface area contributed by atoms with E-state index in [1.807, 2.05) is 12.4 Å². The lowest BCUT2D eigenvalue weighted by Gasteiger charge is -2.12. The molecule has 0 fully saturated rings. The van der Waals surface area contributed by atoms with E-state index in [0.717, 1.165) is 17.7 Å². The zero-order valence-corrected chi connectivity index (χ0v) is 14.3. The molecular weight excluding hydrogens is 369 g/mol. The standard InChI is InChI=1S/C20H13F3N4O/c21-20(22,23)16-5-2-1-4-15(16)18(28)25-14-8-6-13(7-9-14)17-12-27-11-3-10-24-19(27)26-17/h1-12H,(H,25,28). The van der Waals surface area contributed by atoms with Gasteiger partial charge >= 0.3 is 6.18 Å². The van der Waals surface area contributed by atoms with Gasteiger partial charge in [-0.25, -0.2) is 9.97 Å². The molecule has 4 rings (SSSR count). The van der Waals surface area contributed by atoms with Crippen LogP contribution in [-0.4, -0.2) is 20.3 Å². The van der Waals surface area contributed by atoms with Crippen LogP contribution in [0, 0.1) is 0 Å². The summed E-state index contributed by atoms with van der Waals surface area (Å²) in [6.07, 6.45) is 0.680. The zero-order valence-electron chi connectivity index (χ0n) is 14.3. The Balaban J connectivity index is 1.56. The van der Waals surface area contributed by atoms with Gasteiger partial charge in [-0.3, -0.25) is 9.20 Å². The van der Waals surface area contributed by atoms with Gasteiger partial charge in [0.05, 0.1) is 16.8 Å². The molecule has 8 heteroatoms. The van der Waals surface area contributed by atoms with Gasteiger partial charge in [0, 0.05) is 29.8 Å². The third-order valence-corrected chi connectivity index (χ3v) is 4.15. The Hall–Kier alpha value is -3.68. The topological polar surface area (TPSA) is 59.3 Å². The van der Waals surface area contributed by atoms with Crippen molar-refractivity contribution >= 4 is 17.4 Å². The fourth-order valence-corrected chi connectivity index (χ4v) is 2.82. The first-order valence-corrected chi connectivity index (χ1v) is 8.29. The van der Waals surface area contributed by atoms with Crippen molar-refractivity contribution in [3.63, 3.8) is 0 Å². The van der Waals surface area contributed by atoms with Crippen molar-refractivity contribution in [1.29, 1.82) is 0 Å². The maximum atomic E-state index is 13.1. The molecule has 0 aliphatic heterocycles. The quantitative estimate of drug-likeness (QED) is 0.560. The lowest BCUT2D eigenvalue weighted by Crippen LogP contribution is -2.18. The van der Waals surface area contributed by atoms with Crippen molar-refractivity contribution in [3.05, 3.63) is 84.3 Å². The predicted octanol–water partition coefficient (Wildman–Crippen LogP) is 4.67. The molecule has 0 aliphatic carbocycles. The van der Waals surface area contributed by atoms with Crippen molar-refractivity contribution in [1.82, 2.24) is 14.4 Å². The number of hydrogen-bond donors (Lipinski definition) is 1. The van der Waals surface area contributed by atoms with Crippen LogP contribution in [0.3, 0.4) is 0 Å². The number of alkyl halides is 3. The molecule has 140 valence electrons.